The molecule has 0 spiro atoms. The van der Waals surface area contributed by atoms with Crippen molar-refractivity contribution >= 4 is 39.1 Å². The smallest absolute Gasteiger partial charge is 0.195 e. The Labute approximate surface area is 201 Å². The summed E-state index contributed by atoms with van der Waals surface area (Å²) in [7, 11) is -4.05. The summed E-state index contributed by atoms with van der Waals surface area (Å²) in [5.41, 5.74) is 1.03. The fraction of sp³-hybridized carbons (Fsp3) is 0.708. The van der Waals surface area contributed by atoms with Crippen molar-refractivity contribution in [3.8, 4) is 0 Å². The Balaban J connectivity index is 1.92. The van der Waals surface area contributed by atoms with Crippen LogP contribution >= 0.6 is 11.6 Å². The van der Waals surface area contributed by atoms with E-state index in [1.165, 1.54) is 0 Å². The quantitative estimate of drug-likeness (QED) is 0.303. The molecule has 32 heavy (non-hydrogen) atoms. The van der Waals surface area contributed by atoms with Crippen LogP contribution in [0.15, 0.2) is 24.5 Å². The number of pyridine rings is 1. The van der Waals surface area contributed by atoms with Gasteiger partial charge in [0.25, 0.3) is 0 Å². The maximum atomic E-state index is 6.99. The number of halogens is 1. The van der Waals surface area contributed by atoms with E-state index >= 15 is 0 Å². The summed E-state index contributed by atoms with van der Waals surface area (Å²) in [6.07, 6.45) is 5.32. The van der Waals surface area contributed by atoms with Crippen molar-refractivity contribution in [2.45, 2.75) is 103 Å². The SMILES string of the molecule is CC(C)(C)[Si](C)(C)OC[C@]1(O[Si](C)(C)C(C)(C)C)CC[C@H](n2ccc3c(Cl)nccc32)O1. The maximum Gasteiger partial charge on any atom is 0.195 e. The van der Waals surface area contributed by atoms with Gasteiger partial charge in [-0.05, 0) is 54.8 Å². The number of aromatic nitrogens is 2. The molecule has 0 bridgehead atoms. The van der Waals surface area contributed by atoms with Crippen LogP contribution < -0.4 is 0 Å². The zero-order valence-electron chi connectivity index (χ0n) is 21.5. The Kier molecular flexibility index (Phi) is 6.88. The lowest BCUT2D eigenvalue weighted by Gasteiger charge is -2.45. The average Bonchev–Trinajstić information content (AvgIpc) is 3.23. The highest BCUT2D eigenvalue weighted by molar-refractivity contribution is 6.74. The molecule has 3 rings (SSSR count). The molecular formula is C24H41ClN2O3Si2. The summed E-state index contributed by atoms with van der Waals surface area (Å²) >= 11 is 6.31. The van der Waals surface area contributed by atoms with Gasteiger partial charge in [-0.15, -0.1) is 0 Å². The predicted octanol–water partition coefficient (Wildman–Crippen LogP) is 7.74. The lowest BCUT2D eigenvalue weighted by Crippen LogP contribution is -2.54. The highest BCUT2D eigenvalue weighted by Crippen LogP contribution is 2.47. The largest absolute Gasteiger partial charge is 0.411 e. The lowest BCUT2D eigenvalue weighted by molar-refractivity contribution is -0.212. The minimum Gasteiger partial charge on any atom is -0.411 e. The summed E-state index contributed by atoms with van der Waals surface area (Å²) < 4.78 is 22.6. The van der Waals surface area contributed by atoms with Gasteiger partial charge in [-0.3, -0.25) is 0 Å². The van der Waals surface area contributed by atoms with Gasteiger partial charge in [-0.2, -0.15) is 0 Å². The van der Waals surface area contributed by atoms with Gasteiger partial charge in [-0.25, -0.2) is 4.98 Å². The maximum absolute atomic E-state index is 6.99. The molecule has 8 heteroatoms. The van der Waals surface area contributed by atoms with E-state index in [-0.39, 0.29) is 16.3 Å². The number of fused-ring (bicyclic) bond motifs is 1. The molecule has 1 aliphatic rings. The number of ether oxygens (including phenoxy) is 1. The van der Waals surface area contributed by atoms with Crippen molar-refractivity contribution in [1.29, 1.82) is 0 Å². The zero-order chi connectivity index (χ0) is 24.2. The molecule has 2 aromatic rings. The van der Waals surface area contributed by atoms with Crippen LogP contribution in [-0.4, -0.2) is 38.6 Å². The minimum atomic E-state index is -2.09. The predicted molar refractivity (Wildman–Crippen MR) is 138 cm³/mol. The molecule has 2 aromatic heterocycles. The monoisotopic (exact) mass is 496 g/mol. The van der Waals surface area contributed by atoms with Gasteiger partial charge in [0.05, 0.1) is 12.1 Å². The normalized spacial score (nSPS) is 23.3. The van der Waals surface area contributed by atoms with Gasteiger partial charge >= 0.3 is 0 Å². The van der Waals surface area contributed by atoms with E-state index in [0.29, 0.717) is 11.8 Å². The van der Waals surface area contributed by atoms with Crippen LogP contribution in [0.25, 0.3) is 10.9 Å². The minimum absolute atomic E-state index is 0.0811. The molecule has 5 nitrogen and oxygen atoms in total. The molecular weight excluding hydrogens is 456 g/mol. The third-order valence-corrected chi connectivity index (χ3v) is 17.0. The zero-order valence-corrected chi connectivity index (χ0v) is 24.3. The van der Waals surface area contributed by atoms with Crippen LogP contribution in [0.1, 0.15) is 60.6 Å². The van der Waals surface area contributed by atoms with E-state index in [4.69, 9.17) is 25.2 Å². The van der Waals surface area contributed by atoms with Crippen LogP contribution in [-0.2, 0) is 13.6 Å². The van der Waals surface area contributed by atoms with Crippen molar-refractivity contribution in [1.82, 2.24) is 9.55 Å². The van der Waals surface area contributed by atoms with E-state index in [1.54, 1.807) is 6.20 Å². The molecule has 0 aliphatic carbocycles. The van der Waals surface area contributed by atoms with E-state index in [9.17, 15) is 0 Å². The Morgan fingerprint density at radius 1 is 1.09 bits per heavy atom. The van der Waals surface area contributed by atoms with Crippen molar-refractivity contribution in [2.75, 3.05) is 6.61 Å². The first-order valence-corrected chi connectivity index (χ1v) is 17.8. The van der Waals surface area contributed by atoms with E-state index in [0.717, 1.165) is 23.7 Å². The molecule has 0 radical (unpaired) electrons. The van der Waals surface area contributed by atoms with Gasteiger partial charge in [-0.1, -0.05) is 53.1 Å². The first-order valence-electron chi connectivity index (χ1n) is 11.6. The fourth-order valence-corrected chi connectivity index (χ4v) is 6.22. The molecule has 1 saturated heterocycles. The molecule has 180 valence electrons. The van der Waals surface area contributed by atoms with Crippen molar-refractivity contribution < 1.29 is 13.6 Å². The van der Waals surface area contributed by atoms with Crippen molar-refractivity contribution in [3.05, 3.63) is 29.7 Å². The molecule has 0 N–H and O–H groups in total. The van der Waals surface area contributed by atoms with Gasteiger partial charge < -0.3 is 18.2 Å². The first kappa shape index (κ1) is 25.9. The topological polar surface area (TPSA) is 45.5 Å². The molecule has 0 amide bonds. The van der Waals surface area contributed by atoms with Crippen LogP contribution in [0.4, 0.5) is 0 Å². The molecule has 3 heterocycles. The molecule has 0 saturated carbocycles. The molecule has 0 aromatic carbocycles. The number of hydrogen-bond acceptors (Lipinski definition) is 4. The second kappa shape index (κ2) is 8.50. The van der Waals surface area contributed by atoms with E-state index in [2.05, 4.69) is 77.3 Å². The number of hydrogen-bond donors (Lipinski definition) is 0. The molecule has 1 fully saturated rings. The summed E-state index contributed by atoms with van der Waals surface area (Å²) in [6.45, 7) is 23.2. The Morgan fingerprint density at radius 2 is 1.72 bits per heavy atom. The van der Waals surface area contributed by atoms with Gasteiger partial charge in [0.1, 0.15) is 11.4 Å². The third-order valence-electron chi connectivity index (χ3n) is 7.74. The van der Waals surface area contributed by atoms with Crippen molar-refractivity contribution in [2.24, 2.45) is 0 Å². The highest BCUT2D eigenvalue weighted by atomic mass is 35.5. The standard InChI is InChI=1S/C24H41ClN2O3Si2/c1-22(2,3)31(7,8)28-17-24(30-32(9,10)23(4,5)6)14-11-20(29-24)27-16-13-18-19(27)12-15-26-21(18)25/h12-13,15-16,20H,11,14,17H2,1-10H3/t20-,24-/m1/s1. The second-order valence-electron chi connectivity index (χ2n) is 12.2. The Bertz CT molecular complexity index is 962. The molecule has 0 unspecified atom stereocenters. The van der Waals surface area contributed by atoms with Crippen molar-refractivity contribution in [3.63, 3.8) is 0 Å². The summed E-state index contributed by atoms with van der Waals surface area (Å²) in [6, 6.07) is 4.00. The van der Waals surface area contributed by atoms with E-state index in [1.807, 2.05) is 18.3 Å². The first-order chi connectivity index (χ1) is 14.5. The summed E-state index contributed by atoms with van der Waals surface area (Å²) in [5.74, 6) is -0.739. The molecule has 2 atom stereocenters. The Morgan fingerprint density at radius 3 is 2.31 bits per heavy atom. The van der Waals surface area contributed by atoms with Gasteiger partial charge in [0.2, 0.25) is 0 Å². The fourth-order valence-electron chi connectivity index (χ4n) is 3.54. The van der Waals surface area contributed by atoms with Crippen LogP contribution in [0.3, 0.4) is 0 Å². The van der Waals surface area contributed by atoms with Crippen LogP contribution in [0.2, 0.25) is 41.4 Å². The second-order valence-corrected chi connectivity index (χ2v) is 22.1. The lowest BCUT2D eigenvalue weighted by atomic mass is 10.2. The average molecular weight is 497 g/mol. The number of nitrogens with zero attached hydrogens (tertiary/aromatic N) is 2. The third kappa shape index (κ3) is 5.03. The highest BCUT2D eigenvalue weighted by Gasteiger charge is 2.51. The Hall–Kier alpha value is -0.706. The van der Waals surface area contributed by atoms with Crippen LogP contribution in [0, 0.1) is 0 Å². The molecule has 1 aliphatic heterocycles. The van der Waals surface area contributed by atoms with Crippen LogP contribution in [0.5, 0.6) is 0 Å². The van der Waals surface area contributed by atoms with Gasteiger partial charge in [0, 0.05) is 24.2 Å². The summed E-state index contributed by atoms with van der Waals surface area (Å²) in [4.78, 5) is 4.21. The van der Waals surface area contributed by atoms with E-state index < -0.39 is 22.4 Å². The van der Waals surface area contributed by atoms with Gasteiger partial charge in [0.15, 0.2) is 22.4 Å². The summed E-state index contributed by atoms with van der Waals surface area (Å²) in [5, 5.41) is 1.67. The number of rotatable bonds is 6.